The average molecular weight is 177 g/mol. The quantitative estimate of drug-likeness (QED) is 0.672. The second-order valence-corrected chi connectivity index (χ2v) is 2.93. The van der Waals surface area contributed by atoms with Crippen LogP contribution >= 0.6 is 0 Å². The number of nitrogens with one attached hydrogen (secondary N) is 1. The molecule has 0 aliphatic heterocycles. The van der Waals surface area contributed by atoms with E-state index in [0.29, 0.717) is 0 Å². The zero-order valence-electron chi connectivity index (χ0n) is 8.33. The molecule has 3 nitrogen and oxygen atoms in total. The molecule has 0 amide bonds. The monoisotopic (exact) mass is 177 g/mol. The minimum atomic E-state index is 0.792. The molecular formula is C10H15N3. The van der Waals surface area contributed by atoms with Crippen molar-refractivity contribution >= 4 is 11.0 Å². The van der Waals surface area contributed by atoms with Crippen LogP contribution in [0.3, 0.4) is 0 Å². The van der Waals surface area contributed by atoms with Gasteiger partial charge in [-0.1, -0.05) is 20.3 Å². The Bertz CT molecular complexity index is 365. The van der Waals surface area contributed by atoms with Crippen LogP contribution in [0.25, 0.3) is 11.0 Å². The number of nitrogens with zero attached hydrogens (tertiary/aromatic N) is 2. The van der Waals surface area contributed by atoms with Crippen molar-refractivity contribution in [3.8, 4) is 0 Å². The van der Waals surface area contributed by atoms with Gasteiger partial charge in [-0.05, 0) is 19.1 Å². The van der Waals surface area contributed by atoms with Crippen LogP contribution in [-0.4, -0.2) is 15.2 Å². The molecule has 1 N–H and O–H groups in total. The fourth-order valence-electron chi connectivity index (χ4n) is 0.976. The molecule has 0 fully saturated rings. The number of rotatable bonds is 0. The summed E-state index contributed by atoms with van der Waals surface area (Å²) in [5, 5.41) is 7.95. The van der Waals surface area contributed by atoms with E-state index >= 15 is 0 Å². The van der Waals surface area contributed by atoms with Crippen molar-refractivity contribution in [1.82, 2.24) is 15.2 Å². The van der Waals surface area contributed by atoms with E-state index in [-0.39, 0.29) is 0 Å². The third-order valence-corrected chi connectivity index (χ3v) is 1.52. The molecular weight excluding hydrogens is 162 g/mol. The van der Waals surface area contributed by atoms with E-state index in [2.05, 4.69) is 29.0 Å². The van der Waals surface area contributed by atoms with E-state index < -0.39 is 0 Å². The lowest BCUT2D eigenvalue weighted by Gasteiger charge is -1.83. The van der Waals surface area contributed by atoms with E-state index in [9.17, 15) is 0 Å². The van der Waals surface area contributed by atoms with Gasteiger partial charge in [-0.25, -0.2) is 4.98 Å². The number of aryl methyl sites for hydroxylation is 1. The molecule has 0 aliphatic rings. The van der Waals surface area contributed by atoms with Gasteiger partial charge in [0.15, 0.2) is 5.65 Å². The Morgan fingerprint density at radius 1 is 1.38 bits per heavy atom. The first kappa shape index (κ1) is 9.71. The lowest BCUT2D eigenvalue weighted by atomic mass is 10.3. The normalized spacial score (nSPS) is 9.46. The summed E-state index contributed by atoms with van der Waals surface area (Å²) in [6, 6.07) is 3.91. The maximum Gasteiger partial charge on any atom is 0.181 e. The van der Waals surface area contributed by atoms with Crippen molar-refractivity contribution in [3.63, 3.8) is 0 Å². The van der Waals surface area contributed by atoms with Gasteiger partial charge in [0.05, 0.1) is 0 Å². The number of fused-ring (bicyclic) bond motifs is 1. The summed E-state index contributed by atoms with van der Waals surface area (Å²) in [5.41, 5.74) is 1.86. The number of H-pyrrole nitrogens is 1. The van der Waals surface area contributed by atoms with Crippen LogP contribution in [-0.2, 0) is 0 Å². The molecule has 0 unspecified atom stereocenters. The molecule has 3 heteroatoms. The SMILES string of the molecule is CCC.Cc1[nH]nc2ncccc12. The highest BCUT2D eigenvalue weighted by Crippen LogP contribution is 2.09. The van der Waals surface area contributed by atoms with Gasteiger partial charge in [0, 0.05) is 17.3 Å². The summed E-state index contributed by atoms with van der Waals surface area (Å²) in [6.07, 6.45) is 2.99. The Balaban J connectivity index is 0.000000251. The molecule has 2 aromatic heterocycles. The summed E-state index contributed by atoms with van der Waals surface area (Å²) in [7, 11) is 0. The van der Waals surface area contributed by atoms with Gasteiger partial charge in [0.1, 0.15) is 0 Å². The first-order valence-electron chi connectivity index (χ1n) is 4.55. The van der Waals surface area contributed by atoms with Crippen molar-refractivity contribution in [3.05, 3.63) is 24.0 Å². The van der Waals surface area contributed by atoms with Crippen LogP contribution in [0.4, 0.5) is 0 Å². The van der Waals surface area contributed by atoms with E-state index in [1.54, 1.807) is 6.20 Å². The van der Waals surface area contributed by atoms with Crippen LogP contribution in [0.15, 0.2) is 18.3 Å². The third-order valence-electron chi connectivity index (χ3n) is 1.52. The van der Waals surface area contributed by atoms with Crippen LogP contribution in [0.1, 0.15) is 26.0 Å². The highest BCUT2D eigenvalue weighted by molar-refractivity contribution is 5.76. The van der Waals surface area contributed by atoms with Crippen LogP contribution in [0.5, 0.6) is 0 Å². The molecule has 0 aliphatic carbocycles. The topological polar surface area (TPSA) is 41.6 Å². The van der Waals surface area contributed by atoms with Gasteiger partial charge in [-0.2, -0.15) is 5.10 Å². The molecule has 70 valence electrons. The molecule has 2 heterocycles. The summed E-state index contributed by atoms with van der Waals surface area (Å²) in [6.45, 7) is 6.23. The molecule has 0 bridgehead atoms. The Hall–Kier alpha value is -1.38. The van der Waals surface area contributed by atoms with E-state index in [1.165, 1.54) is 6.42 Å². The first-order valence-corrected chi connectivity index (χ1v) is 4.55. The molecule has 13 heavy (non-hydrogen) atoms. The number of hydrogen-bond donors (Lipinski definition) is 1. The van der Waals surface area contributed by atoms with Crippen LogP contribution < -0.4 is 0 Å². The highest BCUT2D eigenvalue weighted by atomic mass is 15.1. The Morgan fingerprint density at radius 3 is 2.69 bits per heavy atom. The van der Waals surface area contributed by atoms with Gasteiger partial charge in [-0.3, -0.25) is 5.10 Å². The molecule has 2 rings (SSSR count). The summed E-state index contributed by atoms with van der Waals surface area (Å²) in [4.78, 5) is 4.06. The third kappa shape index (κ3) is 2.28. The van der Waals surface area contributed by atoms with Crippen molar-refractivity contribution in [2.75, 3.05) is 0 Å². The minimum Gasteiger partial charge on any atom is -0.280 e. The predicted molar refractivity (Wildman–Crippen MR) is 54.6 cm³/mol. The largest absolute Gasteiger partial charge is 0.280 e. The molecule has 2 aromatic rings. The average Bonchev–Trinajstić information content (AvgIpc) is 2.50. The van der Waals surface area contributed by atoms with Gasteiger partial charge >= 0.3 is 0 Å². The lowest BCUT2D eigenvalue weighted by Crippen LogP contribution is -1.72. The Labute approximate surface area is 78.2 Å². The zero-order valence-corrected chi connectivity index (χ0v) is 8.33. The van der Waals surface area contributed by atoms with E-state index in [4.69, 9.17) is 0 Å². The van der Waals surface area contributed by atoms with Crippen LogP contribution in [0.2, 0.25) is 0 Å². The number of pyridine rings is 1. The minimum absolute atomic E-state index is 0.792. The van der Waals surface area contributed by atoms with Crippen LogP contribution in [0, 0.1) is 6.92 Å². The Morgan fingerprint density at radius 2 is 2.08 bits per heavy atom. The van der Waals surface area contributed by atoms with Gasteiger partial charge < -0.3 is 0 Å². The number of aromatic nitrogens is 3. The fourth-order valence-corrected chi connectivity index (χ4v) is 0.976. The summed E-state index contributed by atoms with van der Waals surface area (Å²) in [5.74, 6) is 0. The standard InChI is InChI=1S/C7H7N3.C3H8/c1-5-6-3-2-4-8-7(6)10-9-5;1-3-2/h2-4H,1H3,(H,8,9,10);3H2,1-2H3. The number of hydrogen-bond acceptors (Lipinski definition) is 2. The second kappa shape index (κ2) is 4.60. The van der Waals surface area contributed by atoms with Crippen molar-refractivity contribution < 1.29 is 0 Å². The molecule has 0 saturated heterocycles. The molecule has 0 spiro atoms. The number of aromatic amines is 1. The zero-order chi connectivity index (χ0) is 9.68. The van der Waals surface area contributed by atoms with Gasteiger partial charge in [0.25, 0.3) is 0 Å². The molecule has 0 saturated carbocycles. The van der Waals surface area contributed by atoms with E-state index in [1.807, 2.05) is 19.1 Å². The van der Waals surface area contributed by atoms with Crippen molar-refractivity contribution in [2.24, 2.45) is 0 Å². The first-order chi connectivity index (χ1) is 6.29. The summed E-state index contributed by atoms with van der Waals surface area (Å²) >= 11 is 0. The fraction of sp³-hybridized carbons (Fsp3) is 0.400. The van der Waals surface area contributed by atoms with Gasteiger partial charge in [0.2, 0.25) is 0 Å². The smallest absolute Gasteiger partial charge is 0.181 e. The highest BCUT2D eigenvalue weighted by Gasteiger charge is 1.97. The Kier molecular flexibility index (Phi) is 3.43. The molecule has 0 aromatic carbocycles. The lowest BCUT2D eigenvalue weighted by molar-refractivity contribution is 1.05. The second-order valence-electron chi connectivity index (χ2n) is 2.93. The predicted octanol–water partition coefficient (Wildman–Crippen LogP) is 2.68. The maximum atomic E-state index is 4.06. The molecule has 0 atom stereocenters. The van der Waals surface area contributed by atoms with E-state index in [0.717, 1.165) is 16.7 Å². The van der Waals surface area contributed by atoms with Crippen molar-refractivity contribution in [2.45, 2.75) is 27.2 Å². The maximum absolute atomic E-state index is 4.06. The van der Waals surface area contributed by atoms with Crippen molar-refractivity contribution in [1.29, 1.82) is 0 Å². The summed E-state index contributed by atoms with van der Waals surface area (Å²) < 4.78 is 0. The van der Waals surface area contributed by atoms with Gasteiger partial charge in [-0.15, -0.1) is 0 Å². The molecule has 0 radical (unpaired) electrons.